The third-order valence-corrected chi connectivity index (χ3v) is 4.54. The highest BCUT2D eigenvalue weighted by Crippen LogP contribution is 2.14. The van der Waals surface area contributed by atoms with Crippen molar-refractivity contribution in [3.05, 3.63) is 59.9 Å². The van der Waals surface area contributed by atoms with Crippen molar-refractivity contribution in [2.75, 3.05) is 52.3 Å². The van der Waals surface area contributed by atoms with Crippen LogP contribution >= 0.6 is 0 Å². The molecule has 1 aromatic carbocycles. The van der Waals surface area contributed by atoms with Crippen LogP contribution in [-0.4, -0.2) is 67.8 Å². The van der Waals surface area contributed by atoms with Gasteiger partial charge in [0.25, 0.3) is 0 Å². The van der Waals surface area contributed by atoms with E-state index in [9.17, 15) is 4.79 Å². The summed E-state index contributed by atoms with van der Waals surface area (Å²) in [6.45, 7) is 3.49. The van der Waals surface area contributed by atoms with Crippen LogP contribution in [0.4, 0.5) is 10.5 Å². The van der Waals surface area contributed by atoms with Crippen molar-refractivity contribution in [3.63, 3.8) is 0 Å². The summed E-state index contributed by atoms with van der Waals surface area (Å²) in [6, 6.07) is 13.5. The first kappa shape index (κ1) is 20.0. The number of nitrogens with one attached hydrogen (secondary N) is 1. The standard InChI is InChI=1S/C22H28N4O2/c1-25(2)15-19-16-26(13-14-28-17-19)22(27)24-21-10-7-18(8-11-21)6-9-20-5-3-4-12-23-20/h3-12,19H,13-17H2,1-2H3,(H,24,27). The van der Waals surface area contributed by atoms with Crippen molar-refractivity contribution in [3.8, 4) is 0 Å². The Labute approximate surface area is 166 Å². The highest BCUT2D eigenvalue weighted by atomic mass is 16.5. The molecule has 6 heteroatoms. The van der Waals surface area contributed by atoms with Gasteiger partial charge in [-0.25, -0.2) is 4.79 Å². The quantitative estimate of drug-likeness (QED) is 0.865. The molecule has 3 rings (SSSR count). The highest BCUT2D eigenvalue weighted by Gasteiger charge is 2.23. The number of amides is 2. The zero-order valence-corrected chi connectivity index (χ0v) is 16.5. The van der Waals surface area contributed by atoms with Crippen LogP contribution in [0.5, 0.6) is 0 Å². The van der Waals surface area contributed by atoms with Gasteiger partial charge in [0.1, 0.15) is 0 Å². The third kappa shape index (κ3) is 6.18. The molecule has 0 saturated carbocycles. The van der Waals surface area contributed by atoms with E-state index in [0.717, 1.165) is 23.5 Å². The number of aromatic nitrogens is 1. The number of anilines is 1. The SMILES string of the molecule is CN(C)CC1COCCN(C(=O)Nc2ccc(C=Cc3ccccn3)cc2)C1. The molecule has 148 valence electrons. The van der Waals surface area contributed by atoms with Crippen LogP contribution in [0, 0.1) is 5.92 Å². The van der Waals surface area contributed by atoms with Gasteiger partial charge in [0.15, 0.2) is 0 Å². The minimum Gasteiger partial charge on any atom is -0.379 e. The number of nitrogens with zero attached hydrogens (tertiary/aromatic N) is 3. The maximum Gasteiger partial charge on any atom is 0.321 e. The minimum atomic E-state index is -0.0777. The Hall–Kier alpha value is -2.70. The number of rotatable bonds is 5. The number of carbonyl (C=O) groups excluding carboxylic acids is 1. The van der Waals surface area contributed by atoms with Gasteiger partial charge in [0.05, 0.1) is 18.9 Å². The highest BCUT2D eigenvalue weighted by molar-refractivity contribution is 5.89. The molecule has 1 aromatic heterocycles. The number of urea groups is 1. The third-order valence-electron chi connectivity index (χ3n) is 4.54. The zero-order valence-electron chi connectivity index (χ0n) is 16.5. The molecule has 1 aliphatic heterocycles. The van der Waals surface area contributed by atoms with Gasteiger partial charge in [-0.15, -0.1) is 0 Å². The fourth-order valence-electron chi connectivity index (χ4n) is 3.23. The Kier molecular flexibility index (Phi) is 7.17. The van der Waals surface area contributed by atoms with Gasteiger partial charge in [-0.3, -0.25) is 4.98 Å². The molecule has 0 bridgehead atoms. The molecule has 0 aliphatic carbocycles. The van der Waals surface area contributed by atoms with Crippen molar-refractivity contribution >= 4 is 23.9 Å². The van der Waals surface area contributed by atoms with Crippen molar-refractivity contribution in [2.24, 2.45) is 5.92 Å². The van der Waals surface area contributed by atoms with Crippen molar-refractivity contribution in [1.29, 1.82) is 0 Å². The Balaban J connectivity index is 1.57. The van der Waals surface area contributed by atoms with E-state index in [1.54, 1.807) is 6.20 Å². The normalized spacial score (nSPS) is 17.7. The number of ether oxygens (including phenoxy) is 1. The van der Waals surface area contributed by atoms with E-state index in [1.165, 1.54) is 0 Å². The smallest absolute Gasteiger partial charge is 0.321 e. The predicted molar refractivity (Wildman–Crippen MR) is 113 cm³/mol. The lowest BCUT2D eigenvalue weighted by Crippen LogP contribution is -2.41. The molecule has 1 atom stereocenters. The number of carbonyl (C=O) groups is 1. The Morgan fingerprint density at radius 1 is 1.25 bits per heavy atom. The zero-order chi connectivity index (χ0) is 19.8. The van der Waals surface area contributed by atoms with Crippen molar-refractivity contribution < 1.29 is 9.53 Å². The maximum absolute atomic E-state index is 12.7. The summed E-state index contributed by atoms with van der Waals surface area (Å²) >= 11 is 0. The number of hydrogen-bond donors (Lipinski definition) is 1. The monoisotopic (exact) mass is 380 g/mol. The average molecular weight is 380 g/mol. The fourth-order valence-corrected chi connectivity index (χ4v) is 3.23. The molecule has 28 heavy (non-hydrogen) atoms. The summed E-state index contributed by atoms with van der Waals surface area (Å²) in [6.07, 6.45) is 5.75. The summed E-state index contributed by atoms with van der Waals surface area (Å²) in [5.74, 6) is 0.322. The molecule has 2 aromatic rings. The van der Waals surface area contributed by atoms with Gasteiger partial charge < -0.3 is 19.9 Å². The van der Waals surface area contributed by atoms with Crippen LogP contribution in [0.3, 0.4) is 0 Å². The minimum absolute atomic E-state index is 0.0777. The summed E-state index contributed by atoms with van der Waals surface area (Å²) < 4.78 is 5.66. The second-order valence-corrected chi connectivity index (χ2v) is 7.29. The first-order valence-electron chi connectivity index (χ1n) is 9.58. The first-order valence-corrected chi connectivity index (χ1v) is 9.58. The summed E-state index contributed by atoms with van der Waals surface area (Å²) in [5.41, 5.74) is 2.75. The second-order valence-electron chi connectivity index (χ2n) is 7.29. The van der Waals surface area contributed by atoms with Gasteiger partial charge in [-0.1, -0.05) is 24.3 Å². The lowest BCUT2D eigenvalue weighted by atomic mass is 10.1. The molecule has 6 nitrogen and oxygen atoms in total. The van der Waals surface area contributed by atoms with Gasteiger partial charge >= 0.3 is 6.03 Å². The van der Waals surface area contributed by atoms with Crippen LogP contribution in [0.2, 0.25) is 0 Å². The van der Waals surface area contributed by atoms with Crippen LogP contribution in [0.25, 0.3) is 12.2 Å². The second kappa shape index (κ2) is 10.0. The lowest BCUT2D eigenvalue weighted by molar-refractivity contribution is 0.112. The van der Waals surface area contributed by atoms with Crippen LogP contribution in [-0.2, 0) is 4.74 Å². The van der Waals surface area contributed by atoms with Crippen LogP contribution in [0.15, 0.2) is 48.7 Å². The van der Waals surface area contributed by atoms with E-state index in [4.69, 9.17) is 4.74 Å². The molecule has 2 heterocycles. The summed E-state index contributed by atoms with van der Waals surface area (Å²) in [5, 5.41) is 3.00. The van der Waals surface area contributed by atoms with Gasteiger partial charge in [-0.2, -0.15) is 0 Å². The Morgan fingerprint density at radius 3 is 2.79 bits per heavy atom. The van der Waals surface area contributed by atoms with Gasteiger partial charge in [0.2, 0.25) is 0 Å². The van der Waals surface area contributed by atoms with Gasteiger partial charge in [0, 0.05) is 37.4 Å². The summed E-state index contributed by atoms with van der Waals surface area (Å²) in [7, 11) is 4.08. The topological polar surface area (TPSA) is 57.7 Å². The predicted octanol–water partition coefficient (Wildman–Crippen LogP) is 3.29. The van der Waals surface area contributed by atoms with E-state index >= 15 is 0 Å². The molecule has 1 unspecified atom stereocenters. The van der Waals surface area contributed by atoms with E-state index < -0.39 is 0 Å². The molecule has 1 aliphatic rings. The molecule has 2 amide bonds. The Bertz CT molecular complexity index is 775. The van der Waals surface area contributed by atoms with Crippen LogP contribution in [0.1, 0.15) is 11.3 Å². The largest absolute Gasteiger partial charge is 0.379 e. The van der Waals surface area contributed by atoms with E-state index in [2.05, 4.69) is 15.2 Å². The van der Waals surface area contributed by atoms with Crippen molar-refractivity contribution in [1.82, 2.24) is 14.8 Å². The van der Waals surface area contributed by atoms with E-state index in [-0.39, 0.29) is 6.03 Å². The average Bonchev–Trinajstić information content (AvgIpc) is 2.93. The molecule has 0 radical (unpaired) electrons. The molecular formula is C22H28N4O2. The van der Waals surface area contributed by atoms with E-state index in [1.807, 2.05) is 73.6 Å². The first-order chi connectivity index (χ1) is 13.6. The van der Waals surface area contributed by atoms with Crippen molar-refractivity contribution in [2.45, 2.75) is 0 Å². The number of benzene rings is 1. The maximum atomic E-state index is 12.7. The fraction of sp³-hybridized carbons (Fsp3) is 0.364. The molecule has 1 saturated heterocycles. The molecule has 1 N–H and O–H groups in total. The van der Waals surface area contributed by atoms with Crippen LogP contribution < -0.4 is 5.32 Å². The Morgan fingerprint density at radius 2 is 2.07 bits per heavy atom. The number of hydrogen-bond acceptors (Lipinski definition) is 4. The van der Waals surface area contributed by atoms with Gasteiger partial charge in [-0.05, 0) is 50.0 Å². The molecular weight excluding hydrogens is 352 g/mol. The summed E-state index contributed by atoms with van der Waals surface area (Å²) in [4.78, 5) is 20.9. The van der Waals surface area contributed by atoms with E-state index in [0.29, 0.717) is 32.2 Å². The molecule has 1 fully saturated rings. The number of pyridine rings is 1. The molecule has 0 spiro atoms. The lowest BCUT2D eigenvalue weighted by Gasteiger charge is -2.25.